The SMILES string of the molecule is Cc1ccc(-n2c(-c3ccc(N(CC(C)C)CC(C)C)c(N)c3)noc2=O)cc1. The first kappa shape index (κ1) is 20.7. The van der Waals surface area contributed by atoms with Crippen LogP contribution in [0.5, 0.6) is 0 Å². The van der Waals surface area contributed by atoms with E-state index in [-0.39, 0.29) is 0 Å². The number of hydrogen-bond donors (Lipinski definition) is 1. The molecule has 1 aromatic heterocycles. The number of rotatable bonds is 7. The van der Waals surface area contributed by atoms with Crippen molar-refractivity contribution < 1.29 is 4.52 Å². The molecule has 0 bridgehead atoms. The first-order chi connectivity index (χ1) is 13.8. The Morgan fingerprint density at radius 2 is 1.66 bits per heavy atom. The van der Waals surface area contributed by atoms with Crippen LogP contribution in [0.4, 0.5) is 11.4 Å². The van der Waals surface area contributed by atoms with Gasteiger partial charge in [-0.15, -0.1) is 0 Å². The summed E-state index contributed by atoms with van der Waals surface area (Å²) in [7, 11) is 0. The Balaban J connectivity index is 2.01. The average Bonchev–Trinajstić information content (AvgIpc) is 3.02. The smallest absolute Gasteiger partial charge is 0.397 e. The van der Waals surface area contributed by atoms with Gasteiger partial charge in [0.2, 0.25) is 0 Å². The van der Waals surface area contributed by atoms with E-state index in [9.17, 15) is 4.79 Å². The monoisotopic (exact) mass is 394 g/mol. The van der Waals surface area contributed by atoms with Gasteiger partial charge in [0, 0.05) is 18.7 Å². The summed E-state index contributed by atoms with van der Waals surface area (Å²) in [5, 5.41) is 4.00. The van der Waals surface area contributed by atoms with Crippen molar-refractivity contribution in [1.29, 1.82) is 0 Å². The molecular weight excluding hydrogens is 364 g/mol. The summed E-state index contributed by atoms with van der Waals surface area (Å²) in [4.78, 5) is 14.6. The number of aromatic nitrogens is 2. The summed E-state index contributed by atoms with van der Waals surface area (Å²) < 4.78 is 6.43. The van der Waals surface area contributed by atoms with E-state index in [2.05, 4.69) is 37.8 Å². The predicted octanol–water partition coefficient (Wildman–Crippen LogP) is 4.50. The van der Waals surface area contributed by atoms with E-state index in [4.69, 9.17) is 10.3 Å². The lowest BCUT2D eigenvalue weighted by Crippen LogP contribution is -2.31. The summed E-state index contributed by atoms with van der Waals surface area (Å²) in [6.07, 6.45) is 0. The highest BCUT2D eigenvalue weighted by atomic mass is 16.5. The van der Waals surface area contributed by atoms with E-state index < -0.39 is 5.76 Å². The largest absolute Gasteiger partial charge is 0.446 e. The molecular formula is C23H30N4O2. The minimum absolute atomic E-state index is 0.441. The number of aryl methyl sites for hydroxylation is 1. The van der Waals surface area contributed by atoms with Crippen molar-refractivity contribution in [3.05, 3.63) is 58.6 Å². The molecule has 29 heavy (non-hydrogen) atoms. The summed E-state index contributed by atoms with van der Waals surface area (Å²) in [6.45, 7) is 12.7. The molecule has 6 nitrogen and oxygen atoms in total. The third kappa shape index (κ3) is 4.70. The second kappa shape index (κ2) is 8.55. The third-order valence-corrected chi connectivity index (χ3v) is 4.69. The zero-order valence-electron chi connectivity index (χ0n) is 17.8. The van der Waals surface area contributed by atoms with Gasteiger partial charge in [-0.1, -0.05) is 50.5 Å². The van der Waals surface area contributed by atoms with Gasteiger partial charge in [0.05, 0.1) is 17.1 Å². The Labute approximate surface area is 171 Å². The molecule has 0 aliphatic carbocycles. The van der Waals surface area contributed by atoms with Crippen LogP contribution in [0.15, 0.2) is 51.8 Å². The highest BCUT2D eigenvalue weighted by Crippen LogP contribution is 2.30. The number of nitrogens with zero attached hydrogens (tertiary/aromatic N) is 3. The van der Waals surface area contributed by atoms with Gasteiger partial charge in [0.25, 0.3) is 0 Å². The number of benzene rings is 2. The van der Waals surface area contributed by atoms with E-state index >= 15 is 0 Å². The maximum absolute atomic E-state index is 12.3. The van der Waals surface area contributed by atoms with Gasteiger partial charge in [-0.05, 0) is 49.1 Å². The number of hydrogen-bond acceptors (Lipinski definition) is 5. The van der Waals surface area contributed by atoms with Gasteiger partial charge < -0.3 is 10.6 Å². The van der Waals surface area contributed by atoms with Crippen molar-refractivity contribution in [2.24, 2.45) is 11.8 Å². The Morgan fingerprint density at radius 3 is 2.21 bits per heavy atom. The molecule has 0 amide bonds. The van der Waals surface area contributed by atoms with Crippen LogP contribution in [0, 0.1) is 18.8 Å². The zero-order valence-corrected chi connectivity index (χ0v) is 17.8. The van der Waals surface area contributed by atoms with Crippen LogP contribution in [-0.2, 0) is 0 Å². The highest BCUT2D eigenvalue weighted by Gasteiger charge is 2.18. The van der Waals surface area contributed by atoms with Gasteiger partial charge in [-0.25, -0.2) is 9.36 Å². The van der Waals surface area contributed by atoms with Gasteiger partial charge in [-0.3, -0.25) is 4.52 Å². The minimum Gasteiger partial charge on any atom is -0.397 e. The van der Waals surface area contributed by atoms with Crippen LogP contribution >= 0.6 is 0 Å². The highest BCUT2D eigenvalue weighted by molar-refractivity contribution is 5.75. The van der Waals surface area contributed by atoms with Crippen LogP contribution < -0.4 is 16.4 Å². The Hall–Kier alpha value is -3.02. The van der Waals surface area contributed by atoms with E-state index in [1.807, 2.05) is 49.4 Å². The summed E-state index contributed by atoms with van der Waals surface area (Å²) in [6, 6.07) is 13.5. The minimum atomic E-state index is -0.521. The summed E-state index contributed by atoms with van der Waals surface area (Å²) in [5.74, 6) is 0.967. The van der Waals surface area contributed by atoms with E-state index in [1.54, 1.807) is 0 Å². The van der Waals surface area contributed by atoms with E-state index in [0.29, 0.717) is 29.0 Å². The van der Waals surface area contributed by atoms with Crippen molar-refractivity contribution in [2.45, 2.75) is 34.6 Å². The average molecular weight is 395 g/mol. The van der Waals surface area contributed by atoms with Crippen molar-refractivity contribution in [3.8, 4) is 17.1 Å². The second-order valence-electron chi connectivity index (χ2n) is 8.41. The zero-order chi connectivity index (χ0) is 21.1. The molecule has 3 aromatic rings. The van der Waals surface area contributed by atoms with Crippen LogP contribution in [0.2, 0.25) is 0 Å². The molecule has 6 heteroatoms. The molecule has 0 saturated carbocycles. The molecule has 2 aromatic carbocycles. The van der Waals surface area contributed by atoms with Crippen LogP contribution in [-0.4, -0.2) is 22.8 Å². The summed E-state index contributed by atoms with van der Waals surface area (Å²) in [5.41, 5.74) is 10.7. The third-order valence-electron chi connectivity index (χ3n) is 4.69. The van der Waals surface area contributed by atoms with Crippen molar-refractivity contribution >= 4 is 11.4 Å². The Morgan fingerprint density at radius 1 is 1.03 bits per heavy atom. The first-order valence-electron chi connectivity index (χ1n) is 10.1. The molecule has 0 aliphatic rings. The lowest BCUT2D eigenvalue weighted by molar-refractivity contribution is 0.383. The molecule has 2 N–H and O–H groups in total. The molecule has 0 atom stereocenters. The van der Waals surface area contributed by atoms with Crippen LogP contribution in [0.1, 0.15) is 33.3 Å². The van der Waals surface area contributed by atoms with Gasteiger partial charge in [0.1, 0.15) is 0 Å². The Bertz CT molecular complexity index is 1010. The maximum atomic E-state index is 12.3. The van der Waals surface area contributed by atoms with Gasteiger partial charge >= 0.3 is 5.76 Å². The first-order valence-corrected chi connectivity index (χ1v) is 10.1. The molecule has 3 rings (SSSR count). The second-order valence-corrected chi connectivity index (χ2v) is 8.41. The fourth-order valence-corrected chi connectivity index (χ4v) is 3.49. The molecule has 0 fully saturated rings. The van der Waals surface area contributed by atoms with Crippen LogP contribution in [0.25, 0.3) is 17.1 Å². The Kier molecular flexibility index (Phi) is 6.11. The van der Waals surface area contributed by atoms with Gasteiger partial charge in [-0.2, -0.15) is 0 Å². The lowest BCUT2D eigenvalue weighted by Gasteiger charge is -2.29. The topological polar surface area (TPSA) is 77.3 Å². The van der Waals surface area contributed by atoms with E-state index in [1.165, 1.54) is 4.57 Å². The molecule has 0 aliphatic heterocycles. The molecule has 0 radical (unpaired) electrons. The fraction of sp³-hybridized carbons (Fsp3) is 0.391. The van der Waals surface area contributed by atoms with Crippen molar-refractivity contribution in [3.63, 3.8) is 0 Å². The molecule has 0 saturated heterocycles. The van der Waals surface area contributed by atoms with Gasteiger partial charge in [0.15, 0.2) is 5.82 Å². The standard InChI is InChI=1S/C23H30N4O2/c1-15(2)13-26(14-16(3)4)21-11-8-18(12-20(21)24)22-25-29-23(28)27(22)19-9-6-17(5)7-10-19/h6-12,15-16H,13-14,24H2,1-5H3. The van der Waals surface area contributed by atoms with Crippen LogP contribution in [0.3, 0.4) is 0 Å². The van der Waals surface area contributed by atoms with Crippen molar-refractivity contribution in [1.82, 2.24) is 9.72 Å². The normalized spacial score (nSPS) is 11.4. The summed E-state index contributed by atoms with van der Waals surface area (Å²) >= 11 is 0. The fourth-order valence-electron chi connectivity index (χ4n) is 3.49. The number of anilines is 2. The molecule has 154 valence electrons. The number of nitrogen functional groups attached to an aromatic ring is 1. The van der Waals surface area contributed by atoms with Crippen molar-refractivity contribution in [2.75, 3.05) is 23.7 Å². The predicted molar refractivity (Wildman–Crippen MR) is 119 cm³/mol. The molecule has 1 heterocycles. The lowest BCUT2D eigenvalue weighted by atomic mass is 10.1. The molecule has 0 unspecified atom stereocenters. The van der Waals surface area contributed by atoms with E-state index in [0.717, 1.165) is 29.9 Å². The molecule has 0 spiro atoms. The quantitative estimate of drug-likeness (QED) is 0.597. The maximum Gasteiger partial charge on any atom is 0.446 e. The number of nitrogens with two attached hydrogens (primary N) is 1.